The van der Waals surface area contributed by atoms with Crippen LogP contribution in [0, 0.1) is 5.92 Å². The van der Waals surface area contributed by atoms with Crippen LogP contribution in [-0.2, 0) is 0 Å². The zero-order valence-electron chi connectivity index (χ0n) is 12.9. The summed E-state index contributed by atoms with van der Waals surface area (Å²) in [6.07, 6.45) is 10.0. The fourth-order valence-electron chi connectivity index (χ4n) is 3.19. The van der Waals surface area contributed by atoms with Gasteiger partial charge in [-0.05, 0) is 49.1 Å². The quantitative estimate of drug-likeness (QED) is 0.736. The number of hydrogen-bond acceptors (Lipinski definition) is 3. The highest BCUT2D eigenvalue weighted by molar-refractivity contribution is 7.80. The second-order valence-corrected chi connectivity index (χ2v) is 6.64. The summed E-state index contributed by atoms with van der Waals surface area (Å²) in [6.45, 7) is 4.14. The molecule has 1 aromatic carbocycles. The normalized spacial score (nSPS) is 21.9. The molecule has 1 aromatic rings. The van der Waals surface area contributed by atoms with Gasteiger partial charge in [-0.25, -0.2) is 0 Å². The van der Waals surface area contributed by atoms with Crippen LogP contribution in [0.2, 0.25) is 0 Å². The Kier molecular flexibility index (Phi) is 5.41. The second kappa shape index (κ2) is 7.70. The van der Waals surface area contributed by atoms with Gasteiger partial charge < -0.3 is 4.74 Å². The molecule has 0 aromatic heterocycles. The van der Waals surface area contributed by atoms with E-state index in [9.17, 15) is 0 Å². The average Bonchev–Trinajstić information content (AvgIpc) is 2.96. The molecular weight excluding hydrogens is 290 g/mol. The molecule has 22 heavy (non-hydrogen) atoms. The first-order chi connectivity index (χ1) is 10.8. The van der Waals surface area contributed by atoms with Crippen molar-refractivity contribution in [2.24, 2.45) is 5.92 Å². The largest absolute Gasteiger partial charge is 0.492 e. The number of para-hydroxylation sites is 1. The molecule has 0 spiro atoms. The molecule has 2 aliphatic rings. The van der Waals surface area contributed by atoms with Crippen molar-refractivity contribution >= 4 is 17.1 Å². The summed E-state index contributed by atoms with van der Waals surface area (Å²) < 4.78 is 5.79. The lowest BCUT2D eigenvalue weighted by molar-refractivity contribution is 0.233. The van der Waals surface area contributed by atoms with E-state index in [1.807, 2.05) is 30.3 Å². The van der Waals surface area contributed by atoms with Crippen LogP contribution < -0.4 is 4.74 Å². The van der Waals surface area contributed by atoms with Crippen LogP contribution in [0.5, 0.6) is 5.75 Å². The maximum atomic E-state index is 5.79. The summed E-state index contributed by atoms with van der Waals surface area (Å²) in [5, 5.41) is 0. The van der Waals surface area contributed by atoms with Gasteiger partial charge in [0, 0.05) is 24.4 Å². The first-order valence-corrected chi connectivity index (χ1v) is 8.50. The Hall–Kier alpha value is -1.45. The number of nitrogens with zero attached hydrogens (tertiary/aromatic N) is 1. The van der Waals surface area contributed by atoms with Crippen LogP contribution in [0.3, 0.4) is 0 Å². The lowest BCUT2D eigenvalue weighted by Crippen LogP contribution is -2.26. The molecule has 0 bridgehead atoms. The van der Waals surface area contributed by atoms with Crippen LogP contribution >= 0.6 is 12.2 Å². The van der Waals surface area contributed by atoms with Crippen molar-refractivity contribution in [3.8, 4) is 5.75 Å². The predicted octanol–water partition coefficient (Wildman–Crippen LogP) is 4.03. The van der Waals surface area contributed by atoms with Crippen molar-refractivity contribution in [2.45, 2.75) is 19.3 Å². The van der Waals surface area contributed by atoms with Crippen molar-refractivity contribution in [3.63, 3.8) is 0 Å². The van der Waals surface area contributed by atoms with Gasteiger partial charge in [-0.2, -0.15) is 0 Å². The molecule has 1 unspecified atom stereocenters. The first-order valence-electron chi connectivity index (χ1n) is 8.10. The van der Waals surface area contributed by atoms with E-state index in [4.69, 9.17) is 17.0 Å². The van der Waals surface area contributed by atoms with Crippen LogP contribution in [0.4, 0.5) is 0 Å². The summed E-state index contributed by atoms with van der Waals surface area (Å²) >= 11 is 5.30. The summed E-state index contributed by atoms with van der Waals surface area (Å²) in [7, 11) is 0. The molecule has 1 fully saturated rings. The van der Waals surface area contributed by atoms with Gasteiger partial charge in [-0.1, -0.05) is 42.6 Å². The van der Waals surface area contributed by atoms with Crippen molar-refractivity contribution in [3.05, 3.63) is 54.1 Å². The Morgan fingerprint density at radius 2 is 2.09 bits per heavy atom. The zero-order valence-corrected chi connectivity index (χ0v) is 13.7. The van der Waals surface area contributed by atoms with Gasteiger partial charge in [0.2, 0.25) is 0 Å². The Balaban J connectivity index is 1.39. The van der Waals surface area contributed by atoms with Gasteiger partial charge in [0.15, 0.2) is 0 Å². The van der Waals surface area contributed by atoms with Crippen molar-refractivity contribution in [1.29, 1.82) is 0 Å². The Morgan fingerprint density at radius 1 is 1.23 bits per heavy atom. The smallest absolute Gasteiger partial charge is 0.119 e. The lowest BCUT2D eigenvalue weighted by Gasteiger charge is -2.17. The lowest BCUT2D eigenvalue weighted by atomic mass is 9.95. The van der Waals surface area contributed by atoms with Gasteiger partial charge in [-0.15, -0.1) is 0 Å². The van der Waals surface area contributed by atoms with E-state index in [-0.39, 0.29) is 0 Å². The fourth-order valence-corrected chi connectivity index (χ4v) is 3.44. The highest BCUT2D eigenvalue weighted by Gasteiger charge is 2.23. The summed E-state index contributed by atoms with van der Waals surface area (Å²) in [4.78, 5) is 3.59. The van der Waals surface area contributed by atoms with Gasteiger partial charge in [-0.3, -0.25) is 4.90 Å². The molecule has 0 saturated carbocycles. The van der Waals surface area contributed by atoms with Crippen LogP contribution in [0.25, 0.3) is 0 Å². The number of hydrogen-bond donors (Lipinski definition) is 0. The maximum absolute atomic E-state index is 5.79. The Bertz CT molecular complexity index is 564. The van der Waals surface area contributed by atoms with E-state index in [0.717, 1.165) is 42.5 Å². The predicted molar refractivity (Wildman–Crippen MR) is 95.5 cm³/mol. The van der Waals surface area contributed by atoms with Gasteiger partial charge in [0.1, 0.15) is 12.4 Å². The van der Waals surface area contributed by atoms with E-state index < -0.39 is 0 Å². The number of likely N-dealkylation sites (tertiary alicyclic amines) is 1. The maximum Gasteiger partial charge on any atom is 0.119 e. The second-order valence-electron chi connectivity index (χ2n) is 6.11. The van der Waals surface area contributed by atoms with Gasteiger partial charge >= 0.3 is 0 Å². The average molecular weight is 313 g/mol. The summed E-state index contributed by atoms with van der Waals surface area (Å²) in [5.74, 6) is 1.72. The van der Waals surface area contributed by atoms with E-state index in [1.54, 1.807) is 0 Å². The molecule has 2 nitrogen and oxygen atoms in total. The Labute approximate surface area is 138 Å². The molecule has 116 valence electrons. The van der Waals surface area contributed by atoms with Crippen molar-refractivity contribution in [1.82, 2.24) is 4.90 Å². The topological polar surface area (TPSA) is 12.5 Å². The number of thiocarbonyl (C=S) groups is 1. The number of ether oxygens (including phenoxy) is 1. The summed E-state index contributed by atoms with van der Waals surface area (Å²) in [6, 6.07) is 10.1. The number of benzene rings is 1. The van der Waals surface area contributed by atoms with Crippen molar-refractivity contribution in [2.75, 3.05) is 26.2 Å². The minimum atomic E-state index is 0.758. The fraction of sp³-hybridized carbons (Fsp3) is 0.421. The third-order valence-electron chi connectivity index (χ3n) is 4.31. The van der Waals surface area contributed by atoms with Crippen LogP contribution in [0.15, 0.2) is 54.1 Å². The molecule has 1 heterocycles. The van der Waals surface area contributed by atoms with Crippen LogP contribution in [-0.4, -0.2) is 36.0 Å². The standard InChI is InChI=1S/C19H23NOS/c22-19-8-4-5-16(14-19)13-17-9-10-20(15-17)11-12-21-18-6-2-1-3-7-18/h1-7,14,17H,8-13,15H2. The van der Waals surface area contributed by atoms with Gasteiger partial charge in [0.25, 0.3) is 0 Å². The molecule has 3 heteroatoms. The van der Waals surface area contributed by atoms with Crippen molar-refractivity contribution < 1.29 is 4.74 Å². The molecule has 1 atom stereocenters. The molecule has 3 rings (SSSR count). The minimum Gasteiger partial charge on any atom is -0.492 e. The SMILES string of the molecule is S=C1C=C(CC2CCN(CCOc3ccccc3)C2)C=CC1. The van der Waals surface area contributed by atoms with Crippen LogP contribution in [0.1, 0.15) is 19.3 Å². The van der Waals surface area contributed by atoms with E-state index >= 15 is 0 Å². The molecule has 1 aliphatic heterocycles. The molecular formula is C19H23NOS. The Morgan fingerprint density at radius 3 is 2.91 bits per heavy atom. The third-order valence-corrected chi connectivity index (χ3v) is 4.60. The van der Waals surface area contributed by atoms with E-state index in [1.165, 1.54) is 25.1 Å². The number of rotatable bonds is 6. The molecule has 0 amide bonds. The molecule has 0 N–H and O–H groups in total. The van der Waals surface area contributed by atoms with E-state index in [0.29, 0.717) is 0 Å². The first kappa shape index (κ1) is 15.4. The zero-order chi connectivity index (χ0) is 15.2. The minimum absolute atomic E-state index is 0.758. The highest BCUT2D eigenvalue weighted by atomic mass is 32.1. The number of allylic oxidation sites excluding steroid dienone is 4. The van der Waals surface area contributed by atoms with E-state index in [2.05, 4.69) is 23.1 Å². The third kappa shape index (κ3) is 4.52. The summed E-state index contributed by atoms with van der Waals surface area (Å²) in [5.41, 5.74) is 1.41. The molecule has 1 aliphatic carbocycles. The van der Waals surface area contributed by atoms with Gasteiger partial charge in [0.05, 0.1) is 0 Å². The monoisotopic (exact) mass is 313 g/mol. The highest BCUT2D eigenvalue weighted by Crippen LogP contribution is 2.25. The molecule has 0 radical (unpaired) electrons. The molecule has 1 saturated heterocycles.